The Labute approximate surface area is 123 Å². The highest BCUT2D eigenvalue weighted by Crippen LogP contribution is 2.17. The molecule has 0 saturated carbocycles. The highest BCUT2D eigenvalue weighted by Gasteiger charge is 2.25. The molecular formula is C13H21N5O3. The van der Waals surface area contributed by atoms with Crippen molar-refractivity contribution in [2.24, 2.45) is 0 Å². The van der Waals surface area contributed by atoms with E-state index in [4.69, 9.17) is 0 Å². The van der Waals surface area contributed by atoms with E-state index in [1.54, 1.807) is 0 Å². The van der Waals surface area contributed by atoms with E-state index < -0.39 is 11.0 Å². The lowest BCUT2D eigenvalue weighted by Gasteiger charge is -2.30. The number of piperidine rings is 1. The highest BCUT2D eigenvalue weighted by molar-refractivity contribution is 5.80. The first-order valence-corrected chi connectivity index (χ1v) is 7.18. The number of nitrogens with one attached hydrogen (secondary N) is 1. The first kappa shape index (κ1) is 15.4. The molecule has 116 valence electrons. The molecule has 1 aliphatic rings. The summed E-state index contributed by atoms with van der Waals surface area (Å²) in [6, 6.07) is -0.327. The molecule has 8 heteroatoms. The normalized spacial score (nSPS) is 18.4. The second-order valence-corrected chi connectivity index (χ2v) is 5.45. The van der Waals surface area contributed by atoms with Crippen LogP contribution < -0.4 is 5.32 Å². The fourth-order valence-corrected chi connectivity index (χ4v) is 2.54. The maximum Gasteiger partial charge on any atom is 0.307 e. The number of hydrogen-bond acceptors (Lipinski definition) is 5. The molecule has 1 aromatic heterocycles. The minimum absolute atomic E-state index is 0.0967. The molecule has 1 atom stereocenters. The van der Waals surface area contributed by atoms with Gasteiger partial charge in [-0.05, 0) is 39.4 Å². The fourth-order valence-electron chi connectivity index (χ4n) is 2.54. The second kappa shape index (κ2) is 6.66. The van der Waals surface area contributed by atoms with Gasteiger partial charge in [-0.3, -0.25) is 19.6 Å². The van der Waals surface area contributed by atoms with Crippen molar-refractivity contribution in [2.75, 3.05) is 20.1 Å². The Kier molecular flexibility index (Phi) is 4.89. The maximum atomic E-state index is 12.3. The van der Waals surface area contributed by atoms with E-state index in [2.05, 4.69) is 22.4 Å². The summed E-state index contributed by atoms with van der Waals surface area (Å²) < 4.78 is 1.38. The molecule has 8 nitrogen and oxygen atoms in total. The third kappa shape index (κ3) is 3.78. The summed E-state index contributed by atoms with van der Waals surface area (Å²) in [4.78, 5) is 24.8. The minimum atomic E-state index is -0.509. The summed E-state index contributed by atoms with van der Waals surface area (Å²) in [5, 5.41) is 17.7. The molecule has 0 radical (unpaired) electrons. The molecule has 1 amide bonds. The van der Waals surface area contributed by atoms with Crippen LogP contribution in [-0.4, -0.2) is 51.7 Å². The summed E-state index contributed by atoms with van der Waals surface area (Å²) in [6.45, 7) is 3.80. The van der Waals surface area contributed by atoms with E-state index in [0.29, 0.717) is 6.42 Å². The van der Waals surface area contributed by atoms with E-state index >= 15 is 0 Å². The topological polar surface area (TPSA) is 93.3 Å². The Morgan fingerprint density at radius 2 is 2.24 bits per heavy atom. The molecule has 1 aliphatic heterocycles. The molecule has 1 N–H and O–H groups in total. The number of rotatable bonds is 5. The summed E-state index contributed by atoms with van der Waals surface area (Å²) in [7, 11) is 2.07. The summed E-state index contributed by atoms with van der Waals surface area (Å²) in [5.41, 5.74) is -0.0967. The molecule has 1 fully saturated rings. The molecule has 0 aliphatic carbocycles. The first-order chi connectivity index (χ1) is 10.0. The number of amides is 1. The van der Waals surface area contributed by atoms with Gasteiger partial charge in [-0.1, -0.05) is 6.92 Å². The molecule has 2 heterocycles. The smallest absolute Gasteiger partial charge is 0.307 e. The van der Waals surface area contributed by atoms with Crippen LogP contribution in [0.15, 0.2) is 12.4 Å². The maximum absolute atomic E-state index is 12.3. The van der Waals surface area contributed by atoms with Crippen LogP contribution in [-0.2, 0) is 4.79 Å². The zero-order valence-electron chi connectivity index (χ0n) is 12.4. The standard InChI is InChI=1S/C13H21N5O3/c1-3-12(17-9-11(8-14-17)18(20)21)13(19)15-10-4-6-16(2)7-5-10/h8-10,12H,3-7H2,1-2H3,(H,15,19). The van der Waals surface area contributed by atoms with E-state index in [0.717, 1.165) is 25.9 Å². The predicted molar refractivity (Wildman–Crippen MR) is 76.9 cm³/mol. The second-order valence-electron chi connectivity index (χ2n) is 5.45. The number of carbonyl (C=O) groups is 1. The molecule has 1 aromatic rings. The molecule has 2 rings (SSSR count). The Hall–Kier alpha value is -1.96. The van der Waals surface area contributed by atoms with Crippen LogP contribution in [0.1, 0.15) is 32.2 Å². The molecule has 0 spiro atoms. The van der Waals surface area contributed by atoms with Gasteiger partial charge in [-0.25, -0.2) is 0 Å². The van der Waals surface area contributed by atoms with Gasteiger partial charge in [0.1, 0.15) is 18.4 Å². The molecule has 1 saturated heterocycles. The highest BCUT2D eigenvalue weighted by atomic mass is 16.6. The molecular weight excluding hydrogens is 274 g/mol. The first-order valence-electron chi connectivity index (χ1n) is 7.18. The van der Waals surface area contributed by atoms with Gasteiger partial charge in [0.05, 0.1) is 4.92 Å². The van der Waals surface area contributed by atoms with Crippen LogP contribution in [0.25, 0.3) is 0 Å². The van der Waals surface area contributed by atoms with Crippen LogP contribution >= 0.6 is 0 Å². The van der Waals surface area contributed by atoms with Crippen molar-refractivity contribution in [3.05, 3.63) is 22.5 Å². The van der Waals surface area contributed by atoms with Gasteiger partial charge in [0.2, 0.25) is 5.91 Å². The summed E-state index contributed by atoms with van der Waals surface area (Å²) >= 11 is 0. The molecule has 1 unspecified atom stereocenters. The van der Waals surface area contributed by atoms with E-state index in [-0.39, 0.29) is 17.6 Å². The lowest BCUT2D eigenvalue weighted by molar-refractivity contribution is -0.385. The van der Waals surface area contributed by atoms with Crippen molar-refractivity contribution in [3.8, 4) is 0 Å². The van der Waals surface area contributed by atoms with Crippen LogP contribution in [0.4, 0.5) is 5.69 Å². The monoisotopic (exact) mass is 295 g/mol. The number of nitrogens with zero attached hydrogens (tertiary/aromatic N) is 4. The van der Waals surface area contributed by atoms with Crippen LogP contribution in [0, 0.1) is 10.1 Å². The number of carbonyl (C=O) groups excluding carboxylic acids is 1. The Morgan fingerprint density at radius 1 is 1.57 bits per heavy atom. The van der Waals surface area contributed by atoms with Crippen LogP contribution in [0.5, 0.6) is 0 Å². The zero-order valence-corrected chi connectivity index (χ0v) is 12.4. The molecule has 21 heavy (non-hydrogen) atoms. The summed E-state index contributed by atoms with van der Waals surface area (Å²) in [5.74, 6) is -0.120. The van der Waals surface area contributed by atoms with Crippen molar-refractivity contribution in [1.82, 2.24) is 20.0 Å². The number of likely N-dealkylation sites (tertiary alicyclic amines) is 1. The molecule has 0 aromatic carbocycles. The Morgan fingerprint density at radius 3 is 2.76 bits per heavy atom. The zero-order chi connectivity index (χ0) is 15.4. The van der Waals surface area contributed by atoms with Crippen molar-refractivity contribution >= 4 is 11.6 Å². The Bertz CT molecular complexity index is 508. The van der Waals surface area contributed by atoms with E-state index in [1.807, 2.05) is 6.92 Å². The van der Waals surface area contributed by atoms with Gasteiger partial charge >= 0.3 is 5.69 Å². The van der Waals surface area contributed by atoms with Crippen LogP contribution in [0.3, 0.4) is 0 Å². The SMILES string of the molecule is CCC(C(=O)NC1CCN(C)CC1)n1cc([N+](=O)[O-])cn1. The largest absolute Gasteiger partial charge is 0.351 e. The van der Waals surface area contributed by atoms with Gasteiger partial charge in [-0.15, -0.1) is 0 Å². The van der Waals surface area contributed by atoms with E-state index in [1.165, 1.54) is 17.1 Å². The van der Waals surface area contributed by atoms with Crippen molar-refractivity contribution in [1.29, 1.82) is 0 Å². The summed E-state index contributed by atoms with van der Waals surface area (Å²) in [6.07, 6.45) is 4.88. The lowest BCUT2D eigenvalue weighted by Crippen LogP contribution is -2.45. The molecule has 0 bridgehead atoms. The fraction of sp³-hybridized carbons (Fsp3) is 0.692. The van der Waals surface area contributed by atoms with Crippen molar-refractivity contribution in [2.45, 2.75) is 38.3 Å². The number of nitro groups is 1. The van der Waals surface area contributed by atoms with Gasteiger partial charge < -0.3 is 10.2 Å². The number of aromatic nitrogens is 2. The van der Waals surface area contributed by atoms with Crippen molar-refractivity contribution in [3.63, 3.8) is 0 Å². The number of hydrogen-bond donors (Lipinski definition) is 1. The van der Waals surface area contributed by atoms with Crippen molar-refractivity contribution < 1.29 is 9.72 Å². The van der Waals surface area contributed by atoms with Gasteiger partial charge in [0, 0.05) is 6.04 Å². The van der Waals surface area contributed by atoms with Gasteiger partial charge in [0.25, 0.3) is 0 Å². The lowest BCUT2D eigenvalue weighted by atomic mass is 10.0. The van der Waals surface area contributed by atoms with E-state index in [9.17, 15) is 14.9 Å². The Balaban J connectivity index is 1.99. The third-order valence-electron chi connectivity index (χ3n) is 3.87. The third-order valence-corrected chi connectivity index (χ3v) is 3.87. The predicted octanol–water partition coefficient (Wildman–Crippen LogP) is 0.953. The van der Waals surface area contributed by atoms with Gasteiger partial charge in [0.15, 0.2) is 0 Å². The quantitative estimate of drug-likeness (QED) is 0.645. The average molecular weight is 295 g/mol. The van der Waals surface area contributed by atoms with Crippen LogP contribution in [0.2, 0.25) is 0 Å². The van der Waals surface area contributed by atoms with Gasteiger partial charge in [-0.2, -0.15) is 5.10 Å². The minimum Gasteiger partial charge on any atom is -0.351 e. The average Bonchev–Trinajstić information content (AvgIpc) is 2.92.